The number of aromatic nitrogens is 1. The first kappa shape index (κ1) is 16.2. The van der Waals surface area contributed by atoms with Gasteiger partial charge in [-0.25, -0.2) is 4.98 Å². The summed E-state index contributed by atoms with van der Waals surface area (Å²) in [6, 6.07) is 20.5. The standard InChI is InChI=1S/C20H23NSSi/c1-15-10-12-17(13-11-15)20-21-19(16-8-6-5-7-9-16)18(22-20)14-23(2,3)4/h5-13H,14H2,1-4H3. The van der Waals surface area contributed by atoms with Gasteiger partial charge in [0.05, 0.1) is 5.69 Å². The lowest BCUT2D eigenvalue weighted by Gasteiger charge is -2.15. The number of rotatable bonds is 4. The maximum absolute atomic E-state index is 5.01. The average Bonchev–Trinajstić information content (AvgIpc) is 2.90. The molecule has 0 aliphatic heterocycles. The molecule has 0 N–H and O–H groups in total. The molecule has 0 saturated heterocycles. The number of benzene rings is 2. The first-order valence-electron chi connectivity index (χ1n) is 8.04. The van der Waals surface area contributed by atoms with Crippen LogP contribution in [0, 0.1) is 6.92 Å². The van der Waals surface area contributed by atoms with Crippen molar-refractivity contribution in [2.75, 3.05) is 0 Å². The van der Waals surface area contributed by atoms with E-state index < -0.39 is 8.07 Å². The summed E-state index contributed by atoms with van der Waals surface area (Å²) in [7, 11) is -1.19. The fraction of sp³-hybridized carbons (Fsp3) is 0.250. The van der Waals surface area contributed by atoms with Crippen LogP contribution in [0.25, 0.3) is 21.8 Å². The molecule has 1 aromatic heterocycles. The molecular formula is C20H23NSSi. The van der Waals surface area contributed by atoms with Gasteiger partial charge in [0.1, 0.15) is 5.01 Å². The fourth-order valence-electron chi connectivity index (χ4n) is 2.59. The maximum atomic E-state index is 5.01. The van der Waals surface area contributed by atoms with Gasteiger partial charge in [-0.15, -0.1) is 11.3 Å². The third kappa shape index (κ3) is 3.98. The summed E-state index contributed by atoms with van der Waals surface area (Å²) >= 11 is 1.86. The van der Waals surface area contributed by atoms with Crippen molar-refractivity contribution in [3.63, 3.8) is 0 Å². The zero-order valence-corrected chi connectivity index (χ0v) is 16.1. The summed E-state index contributed by atoms with van der Waals surface area (Å²) in [6.45, 7) is 9.39. The van der Waals surface area contributed by atoms with Gasteiger partial charge in [0, 0.05) is 24.1 Å². The van der Waals surface area contributed by atoms with Crippen molar-refractivity contribution in [1.29, 1.82) is 0 Å². The quantitative estimate of drug-likeness (QED) is 0.516. The minimum atomic E-state index is -1.19. The Morgan fingerprint density at radius 2 is 1.52 bits per heavy atom. The number of nitrogens with zero attached hydrogens (tertiary/aromatic N) is 1. The van der Waals surface area contributed by atoms with Crippen LogP contribution in [0.3, 0.4) is 0 Å². The lowest BCUT2D eigenvalue weighted by atomic mass is 10.1. The van der Waals surface area contributed by atoms with E-state index in [9.17, 15) is 0 Å². The number of hydrogen-bond acceptors (Lipinski definition) is 2. The molecule has 0 bridgehead atoms. The van der Waals surface area contributed by atoms with Crippen LogP contribution in [0.4, 0.5) is 0 Å². The SMILES string of the molecule is Cc1ccc(-c2nc(-c3ccccc3)c(C[Si](C)(C)C)s2)cc1. The molecule has 2 aromatic carbocycles. The molecule has 1 nitrogen and oxygen atoms in total. The molecule has 0 unspecified atom stereocenters. The van der Waals surface area contributed by atoms with Crippen LogP contribution in [-0.2, 0) is 6.04 Å². The highest BCUT2D eigenvalue weighted by molar-refractivity contribution is 7.16. The molecule has 1 heterocycles. The molecule has 0 atom stereocenters. The summed E-state index contributed by atoms with van der Waals surface area (Å²) < 4.78 is 0. The number of aryl methyl sites for hydroxylation is 1. The van der Waals surface area contributed by atoms with Crippen LogP contribution in [0.5, 0.6) is 0 Å². The molecule has 0 radical (unpaired) electrons. The number of hydrogen-bond donors (Lipinski definition) is 0. The van der Waals surface area contributed by atoms with Gasteiger partial charge < -0.3 is 0 Å². The Morgan fingerprint density at radius 1 is 0.870 bits per heavy atom. The topological polar surface area (TPSA) is 12.9 Å². The molecule has 3 aromatic rings. The van der Waals surface area contributed by atoms with Gasteiger partial charge in [0.25, 0.3) is 0 Å². The van der Waals surface area contributed by atoms with E-state index in [4.69, 9.17) is 4.98 Å². The summed E-state index contributed by atoms with van der Waals surface area (Å²) in [5.41, 5.74) is 4.92. The van der Waals surface area contributed by atoms with Crippen LogP contribution in [0.1, 0.15) is 10.4 Å². The average molecular weight is 338 g/mol. The predicted octanol–water partition coefficient (Wildman–Crippen LogP) is 6.21. The van der Waals surface area contributed by atoms with Gasteiger partial charge >= 0.3 is 0 Å². The van der Waals surface area contributed by atoms with Crippen LogP contribution >= 0.6 is 11.3 Å². The third-order valence-corrected chi connectivity index (χ3v) is 6.51. The van der Waals surface area contributed by atoms with E-state index in [1.165, 1.54) is 33.3 Å². The second-order valence-corrected chi connectivity index (χ2v) is 13.8. The van der Waals surface area contributed by atoms with Crippen molar-refractivity contribution < 1.29 is 0 Å². The van der Waals surface area contributed by atoms with E-state index in [1.54, 1.807) is 0 Å². The van der Waals surface area contributed by atoms with Crippen LogP contribution in [0.15, 0.2) is 54.6 Å². The molecule has 0 amide bonds. The zero-order valence-electron chi connectivity index (χ0n) is 14.3. The molecule has 0 fully saturated rings. The molecular weight excluding hydrogens is 314 g/mol. The van der Waals surface area contributed by atoms with E-state index in [2.05, 4.69) is 81.2 Å². The highest BCUT2D eigenvalue weighted by Gasteiger charge is 2.21. The van der Waals surface area contributed by atoms with Gasteiger partial charge in [-0.2, -0.15) is 0 Å². The molecule has 118 valence electrons. The Labute approximate surface area is 144 Å². The second-order valence-electron chi connectivity index (χ2n) is 7.26. The Bertz CT molecular complexity index is 783. The van der Waals surface area contributed by atoms with Gasteiger partial charge in [0.15, 0.2) is 0 Å². The summed E-state index contributed by atoms with van der Waals surface area (Å²) in [6.07, 6.45) is 0. The smallest absolute Gasteiger partial charge is 0.124 e. The monoisotopic (exact) mass is 337 g/mol. The first-order chi connectivity index (χ1) is 10.9. The van der Waals surface area contributed by atoms with E-state index >= 15 is 0 Å². The summed E-state index contributed by atoms with van der Waals surface area (Å²) in [4.78, 5) is 6.44. The summed E-state index contributed by atoms with van der Waals surface area (Å²) in [5, 5.41) is 1.14. The van der Waals surface area contributed by atoms with E-state index in [-0.39, 0.29) is 0 Å². The van der Waals surface area contributed by atoms with Crippen molar-refractivity contribution in [2.45, 2.75) is 32.6 Å². The van der Waals surface area contributed by atoms with E-state index in [1.807, 2.05) is 11.3 Å². The molecule has 3 rings (SSSR count). The van der Waals surface area contributed by atoms with E-state index in [0.717, 1.165) is 5.01 Å². The molecule has 0 aliphatic rings. The molecule has 3 heteroatoms. The van der Waals surface area contributed by atoms with Gasteiger partial charge in [-0.3, -0.25) is 0 Å². The second kappa shape index (κ2) is 6.42. The largest absolute Gasteiger partial charge is 0.236 e. The predicted molar refractivity (Wildman–Crippen MR) is 105 cm³/mol. The maximum Gasteiger partial charge on any atom is 0.124 e. The van der Waals surface area contributed by atoms with Crippen LogP contribution < -0.4 is 0 Å². The van der Waals surface area contributed by atoms with Crippen LogP contribution in [-0.4, -0.2) is 13.1 Å². The lowest BCUT2D eigenvalue weighted by molar-refractivity contribution is 1.31. The van der Waals surface area contributed by atoms with Crippen molar-refractivity contribution in [3.05, 3.63) is 65.0 Å². The Morgan fingerprint density at radius 3 is 2.13 bits per heavy atom. The molecule has 0 spiro atoms. The number of thiazole rings is 1. The van der Waals surface area contributed by atoms with Crippen molar-refractivity contribution >= 4 is 19.4 Å². The van der Waals surface area contributed by atoms with Crippen molar-refractivity contribution in [1.82, 2.24) is 4.98 Å². The van der Waals surface area contributed by atoms with E-state index in [0.29, 0.717) is 0 Å². The van der Waals surface area contributed by atoms with Gasteiger partial charge in [-0.05, 0) is 13.0 Å². The minimum Gasteiger partial charge on any atom is -0.236 e. The lowest BCUT2D eigenvalue weighted by Crippen LogP contribution is -2.23. The van der Waals surface area contributed by atoms with Gasteiger partial charge in [0.2, 0.25) is 0 Å². The Hall–Kier alpha value is -1.71. The molecule has 0 aliphatic carbocycles. The van der Waals surface area contributed by atoms with Crippen LogP contribution in [0.2, 0.25) is 19.6 Å². The Kier molecular flexibility index (Phi) is 4.51. The zero-order chi connectivity index (χ0) is 16.4. The highest BCUT2D eigenvalue weighted by Crippen LogP contribution is 2.35. The van der Waals surface area contributed by atoms with Crippen molar-refractivity contribution in [2.24, 2.45) is 0 Å². The summed E-state index contributed by atoms with van der Waals surface area (Å²) in [5.74, 6) is 0. The normalized spacial score (nSPS) is 11.7. The molecule has 23 heavy (non-hydrogen) atoms. The van der Waals surface area contributed by atoms with Gasteiger partial charge in [-0.1, -0.05) is 79.8 Å². The minimum absolute atomic E-state index is 1.14. The Balaban J connectivity index is 2.08. The highest BCUT2D eigenvalue weighted by atomic mass is 32.1. The molecule has 0 saturated carbocycles. The third-order valence-electron chi connectivity index (χ3n) is 3.73. The fourth-order valence-corrected chi connectivity index (χ4v) is 6.20. The van der Waals surface area contributed by atoms with Crippen molar-refractivity contribution in [3.8, 4) is 21.8 Å². The first-order valence-corrected chi connectivity index (χ1v) is 12.6.